The molecule has 2 aromatic rings. The lowest BCUT2D eigenvalue weighted by Crippen LogP contribution is -2.19. The molecule has 0 aliphatic carbocycles. The number of benzene rings is 2. The van der Waals surface area contributed by atoms with Crippen molar-refractivity contribution < 1.29 is 8.42 Å². The molecule has 0 fully saturated rings. The molecule has 21 heavy (non-hydrogen) atoms. The summed E-state index contributed by atoms with van der Waals surface area (Å²) in [5.74, 6) is 0. The van der Waals surface area contributed by atoms with Crippen LogP contribution in [0.5, 0.6) is 0 Å². The first kappa shape index (κ1) is 16.0. The number of sulfonamides is 1. The minimum Gasteiger partial charge on any atom is -0.389 e. The number of hydrogen-bond donors (Lipinski definition) is 2. The van der Waals surface area contributed by atoms with Crippen LogP contribution in [0, 0.1) is 0 Å². The normalized spacial score (nSPS) is 11.1. The summed E-state index contributed by atoms with van der Waals surface area (Å²) in [4.78, 5) is -0.0262. The Morgan fingerprint density at radius 1 is 1.14 bits per heavy atom. The maximum Gasteiger partial charge on any atom is 0.262 e. The summed E-state index contributed by atoms with van der Waals surface area (Å²) in [6.45, 7) is 0. The fraction of sp³-hybridized carbons (Fsp3) is 0. The number of thiocarbonyl (C=S) groups is 1. The minimum absolute atomic E-state index is 0.00633. The van der Waals surface area contributed by atoms with Crippen LogP contribution < -0.4 is 10.5 Å². The Kier molecular flexibility index (Phi) is 4.73. The first-order chi connectivity index (χ1) is 9.81. The zero-order valence-corrected chi connectivity index (χ0v) is 13.7. The summed E-state index contributed by atoms with van der Waals surface area (Å²) < 4.78 is 27.3. The molecule has 0 saturated heterocycles. The highest BCUT2D eigenvalue weighted by Crippen LogP contribution is 2.28. The highest BCUT2D eigenvalue weighted by atomic mass is 35.5. The third kappa shape index (κ3) is 3.65. The third-order valence-corrected chi connectivity index (χ3v) is 4.82. The van der Waals surface area contributed by atoms with Crippen molar-refractivity contribution in [2.75, 3.05) is 4.72 Å². The quantitative estimate of drug-likeness (QED) is 0.819. The van der Waals surface area contributed by atoms with Gasteiger partial charge in [-0.3, -0.25) is 4.72 Å². The molecule has 0 heterocycles. The Labute approximate surface area is 137 Å². The van der Waals surface area contributed by atoms with E-state index < -0.39 is 10.0 Å². The van der Waals surface area contributed by atoms with Crippen LogP contribution in [0.25, 0.3) is 0 Å². The van der Waals surface area contributed by atoms with Gasteiger partial charge >= 0.3 is 0 Å². The van der Waals surface area contributed by atoms with Crippen LogP contribution in [-0.4, -0.2) is 13.4 Å². The van der Waals surface area contributed by atoms with Gasteiger partial charge in [0.1, 0.15) is 4.99 Å². The molecular formula is C13H10Cl2N2O2S2. The second-order valence-electron chi connectivity index (χ2n) is 4.09. The Morgan fingerprint density at radius 3 is 2.48 bits per heavy atom. The molecule has 0 radical (unpaired) electrons. The molecule has 2 rings (SSSR count). The highest BCUT2D eigenvalue weighted by molar-refractivity contribution is 7.93. The largest absolute Gasteiger partial charge is 0.389 e. The van der Waals surface area contributed by atoms with E-state index >= 15 is 0 Å². The first-order valence-electron chi connectivity index (χ1n) is 5.68. The van der Waals surface area contributed by atoms with E-state index in [2.05, 4.69) is 4.72 Å². The van der Waals surface area contributed by atoms with E-state index in [4.69, 9.17) is 41.2 Å². The summed E-state index contributed by atoms with van der Waals surface area (Å²) in [5.41, 5.74) is 6.00. The molecule has 0 atom stereocenters. The summed E-state index contributed by atoms with van der Waals surface area (Å²) >= 11 is 16.7. The molecule has 0 unspecified atom stereocenters. The zero-order valence-electron chi connectivity index (χ0n) is 10.5. The molecule has 2 aromatic carbocycles. The van der Waals surface area contributed by atoms with Gasteiger partial charge in [-0.1, -0.05) is 53.6 Å². The van der Waals surface area contributed by atoms with Crippen LogP contribution in [0.1, 0.15) is 5.56 Å². The molecule has 0 bridgehead atoms. The average Bonchev–Trinajstić information content (AvgIpc) is 2.42. The number of anilines is 1. The lowest BCUT2D eigenvalue weighted by Gasteiger charge is -2.12. The van der Waals surface area contributed by atoms with Gasteiger partial charge < -0.3 is 5.73 Å². The first-order valence-corrected chi connectivity index (χ1v) is 8.33. The Hall–Kier alpha value is -1.34. The number of nitrogens with one attached hydrogen (secondary N) is 1. The van der Waals surface area contributed by atoms with Gasteiger partial charge in [0.2, 0.25) is 0 Å². The standard InChI is InChI=1S/C13H10Cl2N2O2S2/c14-8-5-6-10(15)11(7-8)17-21(18,19)12-4-2-1-3-9(12)13(16)20/h1-7,17H,(H2,16,20). The van der Waals surface area contributed by atoms with Crippen LogP contribution in [0.15, 0.2) is 47.4 Å². The highest BCUT2D eigenvalue weighted by Gasteiger charge is 2.20. The monoisotopic (exact) mass is 360 g/mol. The van der Waals surface area contributed by atoms with Crippen molar-refractivity contribution in [3.8, 4) is 0 Å². The fourth-order valence-corrected chi connectivity index (χ4v) is 3.61. The topological polar surface area (TPSA) is 72.2 Å². The van der Waals surface area contributed by atoms with E-state index in [0.29, 0.717) is 5.02 Å². The van der Waals surface area contributed by atoms with Crippen molar-refractivity contribution in [1.29, 1.82) is 0 Å². The number of rotatable bonds is 4. The maximum atomic E-state index is 12.5. The zero-order chi connectivity index (χ0) is 15.6. The molecule has 3 N–H and O–H groups in total. The molecule has 0 spiro atoms. The van der Waals surface area contributed by atoms with Crippen molar-refractivity contribution in [2.45, 2.75) is 4.90 Å². The summed E-state index contributed by atoms with van der Waals surface area (Å²) in [6, 6.07) is 10.7. The second-order valence-corrected chi connectivity index (χ2v) is 7.02. The van der Waals surface area contributed by atoms with Crippen molar-refractivity contribution in [3.63, 3.8) is 0 Å². The predicted molar refractivity (Wildman–Crippen MR) is 89.6 cm³/mol. The van der Waals surface area contributed by atoms with Crippen molar-refractivity contribution in [3.05, 3.63) is 58.1 Å². The van der Waals surface area contributed by atoms with Crippen LogP contribution >= 0.6 is 35.4 Å². The van der Waals surface area contributed by atoms with E-state index in [1.165, 1.54) is 24.3 Å². The van der Waals surface area contributed by atoms with E-state index in [-0.39, 0.29) is 26.2 Å². The van der Waals surface area contributed by atoms with Gasteiger partial charge in [-0.25, -0.2) is 8.42 Å². The molecule has 4 nitrogen and oxygen atoms in total. The third-order valence-electron chi connectivity index (χ3n) is 2.61. The van der Waals surface area contributed by atoms with E-state index in [0.717, 1.165) is 0 Å². The van der Waals surface area contributed by atoms with Crippen molar-refractivity contribution >= 4 is 56.1 Å². The van der Waals surface area contributed by atoms with Gasteiger partial charge in [-0.05, 0) is 24.3 Å². The Balaban J connectivity index is 2.49. The van der Waals surface area contributed by atoms with Crippen LogP contribution in [0.3, 0.4) is 0 Å². The Morgan fingerprint density at radius 2 is 1.81 bits per heavy atom. The summed E-state index contributed by atoms with van der Waals surface area (Å²) in [5, 5.41) is 0.593. The van der Waals surface area contributed by atoms with E-state index in [1.54, 1.807) is 18.2 Å². The van der Waals surface area contributed by atoms with E-state index in [1.807, 2.05) is 0 Å². The summed E-state index contributed by atoms with van der Waals surface area (Å²) in [7, 11) is -3.89. The molecule has 0 amide bonds. The molecule has 0 aromatic heterocycles. The SMILES string of the molecule is NC(=S)c1ccccc1S(=O)(=O)Nc1cc(Cl)ccc1Cl. The second kappa shape index (κ2) is 6.19. The maximum absolute atomic E-state index is 12.5. The molecule has 0 aliphatic heterocycles. The van der Waals surface area contributed by atoms with Crippen LogP contribution in [-0.2, 0) is 10.0 Å². The minimum atomic E-state index is -3.89. The molecule has 8 heteroatoms. The van der Waals surface area contributed by atoms with Crippen LogP contribution in [0.2, 0.25) is 10.0 Å². The van der Waals surface area contributed by atoms with Gasteiger partial charge in [-0.15, -0.1) is 0 Å². The average molecular weight is 361 g/mol. The summed E-state index contributed by atoms with van der Waals surface area (Å²) in [6.07, 6.45) is 0. The van der Waals surface area contributed by atoms with Gasteiger partial charge in [0.05, 0.1) is 15.6 Å². The number of halogens is 2. The van der Waals surface area contributed by atoms with Gasteiger partial charge in [0.15, 0.2) is 0 Å². The lowest BCUT2D eigenvalue weighted by molar-refractivity contribution is 0.601. The molecular weight excluding hydrogens is 351 g/mol. The molecule has 110 valence electrons. The molecule has 0 saturated carbocycles. The lowest BCUT2D eigenvalue weighted by atomic mass is 10.2. The van der Waals surface area contributed by atoms with Crippen molar-refractivity contribution in [1.82, 2.24) is 0 Å². The van der Waals surface area contributed by atoms with Crippen molar-refractivity contribution in [2.24, 2.45) is 5.73 Å². The smallest absolute Gasteiger partial charge is 0.262 e. The van der Waals surface area contributed by atoms with Crippen LogP contribution in [0.4, 0.5) is 5.69 Å². The van der Waals surface area contributed by atoms with Gasteiger partial charge in [0.25, 0.3) is 10.0 Å². The Bertz CT molecular complexity index is 808. The fourth-order valence-electron chi connectivity index (χ4n) is 1.68. The number of hydrogen-bond acceptors (Lipinski definition) is 3. The number of nitrogens with two attached hydrogens (primary N) is 1. The van der Waals surface area contributed by atoms with Gasteiger partial charge in [0, 0.05) is 10.6 Å². The predicted octanol–water partition coefficient (Wildman–Crippen LogP) is 3.43. The van der Waals surface area contributed by atoms with E-state index in [9.17, 15) is 8.42 Å². The molecule has 0 aliphatic rings. The van der Waals surface area contributed by atoms with Gasteiger partial charge in [-0.2, -0.15) is 0 Å².